The minimum atomic E-state index is -0.595. The lowest BCUT2D eigenvalue weighted by Crippen LogP contribution is -2.40. The van der Waals surface area contributed by atoms with E-state index in [-0.39, 0.29) is 11.4 Å². The predicted octanol–water partition coefficient (Wildman–Crippen LogP) is -1.17. The largest absolute Gasteiger partial charge is 0.384 e. The lowest BCUT2D eigenvalue weighted by molar-refractivity contribution is 0.0955. The smallest absolute Gasteiger partial charge is 0.332 e. The quantitative estimate of drug-likeness (QED) is 0.546. The summed E-state index contributed by atoms with van der Waals surface area (Å²) in [5.41, 5.74) is 7.23. The summed E-state index contributed by atoms with van der Waals surface area (Å²) >= 11 is 0. The van der Waals surface area contributed by atoms with Gasteiger partial charge < -0.3 is 5.73 Å². The zero-order valence-electron chi connectivity index (χ0n) is 12.0. The number of carbonyl (C=O) groups is 1. The summed E-state index contributed by atoms with van der Waals surface area (Å²) in [6, 6.07) is 3.04. The SMILES string of the molecule is Cn1c(N)c(C=NNC(=O)c2ccncc2)c(=O)n(C)c1=O. The lowest BCUT2D eigenvalue weighted by Gasteiger charge is -2.08. The minimum absolute atomic E-state index is 0.0135. The van der Waals surface area contributed by atoms with Gasteiger partial charge in [-0.05, 0) is 12.1 Å². The monoisotopic (exact) mass is 302 g/mol. The van der Waals surface area contributed by atoms with E-state index >= 15 is 0 Å². The lowest BCUT2D eigenvalue weighted by atomic mass is 10.3. The summed E-state index contributed by atoms with van der Waals surface area (Å²) in [4.78, 5) is 39.2. The molecule has 2 aromatic heterocycles. The Morgan fingerprint density at radius 3 is 2.55 bits per heavy atom. The van der Waals surface area contributed by atoms with Crippen LogP contribution in [0, 0.1) is 0 Å². The summed E-state index contributed by atoms with van der Waals surface area (Å²) in [5.74, 6) is -0.492. The van der Waals surface area contributed by atoms with Gasteiger partial charge in [-0.1, -0.05) is 0 Å². The number of rotatable bonds is 3. The van der Waals surface area contributed by atoms with E-state index in [1.807, 2.05) is 0 Å². The number of hydrogen-bond donors (Lipinski definition) is 2. The molecule has 0 bridgehead atoms. The number of anilines is 1. The van der Waals surface area contributed by atoms with Crippen molar-refractivity contribution in [1.29, 1.82) is 0 Å². The van der Waals surface area contributed by atoms with Crippen LogP contribution in [0.4, 0.5) is 5.82 Å². The van der Waals surface area contributed by atoms with Gasteiger partial charge in [0, 0.05) is 32.1 Å². The van der Waals surface area contributed by atoms with E-state index < -0.39 is 17.2 Å². The van der Waals surface area contributed by atoms with Crippen molar-refractivity contribution in [1.82, 2.24) is 19.5 Å². The van der Waals surface area contributed by atoms with Crippen LogP contribution in [0.3, 0.4) is 0 Å². The van der Waals surface area contributed by atoms with E-state index in [0.717, 1.165) is 15.3 Å². The highest BCUT2D eigenvalue weighted by atomic mass is 16.2. The summed E-state index contributed by atoms with van der Waals surface area (Å²) in [5, 5.41) is 3.70. The number of aromatic nitrogens is 3. The maximum absolute atomic E-state index is 12.0. The first kappa shape index (κ1) is 15.2. The average molecular weight is 302 g/mol. The standard InChI is InChI=1S/C13H14N6O3/c1-18-10(14)9(12(21)19(2)13(18)22)7-16-17-11(20)8-3-5-15-6-4-8/h3-7H,14H2,1-2H3,(H,17,20). The molecule has 0 fully saturated rings. The van der Waals surface area contributed by atoms with Crippen LogP contribution in [0.25, 0.3) is 0 Å². The third kappa shape index (κ3) is 2.77. The molecule has 0 aliphatic carbocycles. The molecule has 0 saturated carbocycles. The van der Waals surface area contributed by atoms with Gasteiger partial charge in [0.2, 0.25) is 0 Å². The number of nitrogens with zero attached hydrogens (tertiary/aromatic N) is 4. The maximum atomic E-state index is 12.0. The highest BCUT2D eigenvalue weighted by Crippen LogP contribution is 1.99. The normalized spacial score (nSPS) is 10.8. The number of hydrogen-bond acceptors (Lipinski definition) is 6. The molecule has 3 N–H and O–H groups in total. The van der Waals surface area contributed by atoms with Crippen molar-refractivity contribution >= 4 is 17.9 Å². The third-order valence-corrected chi connectivity index (χ3v) is 3.05. The molecule has 0 unspecified atom stereocenters. The van der Waals surface area contributed by atoms with Gasteiger partial charge in [-0.2, -0.15) is 5.10 Å². The van der Waals surface area contributed by atoms with Gasteiger partial charge in [-0.3, -0.25) is 23.7 Å². The fraction of sp³-hybridized carbons (Fsp3) is 0.154. The van der Waals surface area contributed by atoms with Crippen LogP contribution in [0.15, 0.2) is 39.2 Å². The van der Waals surface area contributed by atoms with Gasteiger partial charge in [0.15, 0.2) is 0 Å². The summed E-state index contributed by atoms with van der Waals surface area (Å²) in [6.07, 6.45) is 4.05. The van der Waals surface area contributed by atoms with Crippen molar-refractivity contribution in [2.45, 2.75) is 0 Å². The van der Waals surface area contributed by atoms with E-state index in [9.17, 15) is 14.4 Å². The third-order valence-electron chi connectivity index (χ3n) is 3.05. The van der Waals surface area contributed by atoms with Gasteiger partial charge >= 0.3 is 5.69 Å². The van der Waals surface area contributed by atoms with Crippen LogP contribution in [0.1, 0.15) is 15.9 Å². The number of carbonyl (C=O) groups excluding carboxylic acids is 1. The fourth-order valence-electron chi connectivity index (χ4n) is 1.73. The Kier molecular flexibility index (Phi) is 4.16. The Hall–Kier alpha value is -3.23. The van der Waals surface area contributed by atoms with Crippen molar-refractivity contribution in [2.75, 3.05) is 5.73 Å². The van der Waals surface area contributed by atoms with Gasteiger partial charge in [0.25, 0.3) is 11.5 Å². The van der Waals surface area contributed by atoms with Crippen molar-refractivity contribution in [3.8, 4) is 0 Å². The molecule has 1 amide bonds. The van der Waals surface area contributed by atoms with Crippen molar-refractivity contribution in [3.05, 3.63) is 56.5 Å². The number of nitrogen functional groups attached to an aromatic ring is 1. The highest BCUT2D eigenvalue weighted by Gasteiger charge is 2.11. The van der Waals surface area contributed by atoms with E-state index in [1.165, 1.54) is 38.6 Å². The second kappa shape index (κ2) is 6.04. The minimum Gasteiger partial charge on any atom is -0.384 e. The first-order valence-electron chi connectivity index (χ1n) is 6.22. The van der Waals surface area contributed by atoms with Crippen molar-refractivity contribution in [2.24, 2.45) is 19.2 Å². The molecule has 9 heteroatoms. The zero-order valence-corrected chi connectivity index (χ0v) is 12.0. The van der Waals surface area contributed by atoms with Crippen LogP contribution in [-0.4, -0.2) is 26.2 Å². The van der Waals surface area contributed by atoms with Crippen molar-refractivity contribution < 1.29 is 4.79 Å². The molecular weight excluding hydrogens is 288 g/mol. The van der Waals surface area contributed by atoms with Gasteiger partial charge in [0.1, 0.15) is 11.4 Å². The molecule has 0 atom stereocenters. The second-order valence-electron chi connectivity index (χ2n) is 4.44. The Morgan fingerprint density at radius 1 is 1.27 bits per heavy atom. The second-order valence-corrected chi connectivity index (χ2v) is 4.44. The summed E-state index contributed by atoms with van der Waals surface area (Å²) < 4.78 is 2.02. The van der Waals surface area contributed by atoms with E-state index in [1.54, 1.807) is 0 Å². The molecule has 0 aliphatic heterocycles. The molecule has 114 valence electrons. The number of pyridine rings is 1. The molecule has 2 rings (SSSR count). The molecule has 0 aromatic carbocycles. The number of amides is 1. The molecule has 2 aromatic rings. The highest BCUT2D eigenvalue weighted by molar-refractivity contribution is 5.95. The van der Waals surface area contributed by atoms with Gasteiger partial charge in [-0.25, -0.2) is 10.2 Å². The Labute approximate surface area is 124 Å². The maximum Gasteiger partial charge on any atom is 0.332 e. The molecule has 0 saturated heterocycles. The molecule has 22 heavy (non-hydrogen) atoms. The number of nitrogens with two attached hydrogens (primary N) is 1. The Bertz CT molecular complexity index is 851. The summed E-state index contributed by atoms with van der Waals surface area (Å²) in [7, 11) is 2.76. The molecule has 0 aliphatic rings. The Balaban J connectivity index is 2.27. The van der Waals surface area contributed by atoms with Gasteiger partial charge in [0.05, 0.1) is 6.21 Å². The van der Waals surface area contributed by atoms with Crippen LogP contribution in [-0.2, 0) is 14.1 Å². The van der Waals surface area contributed by atoms with Gasteiger partial charge in [-0.15, -0.1) is 0 Å². The van der Waals surface area contributed by atoms with E-state index in [4.69, 9.17) is 5.73 Å². The van der Waals surface area contributed by atoms with Crippen molar-refractivity contribution in [3.63, 3.8) is 0 Å². The zero-order chi connectivity index (χ0) is 16.3. The molecule has 9 nitrogen and oxygen atoms in total. The van der Waals surface area contributed by atoms with Crippen LogP contribution in [0.5, 0.6) is 0 Å². The van der Waals surface area contributed by atoms with E-state index in [0.29, 0.717) is 5.56 Å². The van der Waals surface area contributed by atoms with Crippen LogP contribution < -0.4 is 22.4 Å². The molecule has 0 spiro atoms. The average Bonchev–Trinajstić information content (AvgIpc) is 2.55. The van der Waals surface area contributed by atoms with Crippen LogP contribution >= 0.6 is 0 Å². The summed E-state index contributed by atoms with van der Waals surface area (Å²) in [6.45, 7) is 0. The number of hydrazone groups is 1. The van der Waals surface area contributed by atoms with E-state index in [2.05, 4.69) is 15.5 Å². The molecular formula is C13H14N6O3. The topological polar surface area (TPSA) is 124 Å². The fourth-order valence-corrected chi connectivity index (χ4v) is 1.73. The first-order valence-corrected chi connectivity index (χ1v) is 6.22. The molecule has 2 heterocycles. The van der Waals surface area contributed by atoms with Crippen LogP contribution in [0.2, 0.25) is 0 Å². The first-order chi connectivity index (χ1) is 10.4. The Morgan fingerprint density at radius 2 is 1.91 bits per heavy atom. The number of nitrogens with one attached hydrogen (secondary N) is 1. The predicted molar refractivity (Wildman–Crippen MR) is 80.6 cm³/mol. The molecule has 0 radical (unpaired) electrons.